The molecular formula is C16H24N4O3. The van der Waals surface area contributed by atoms with Crippen LogP contribution < -0.4 is 16.4 Å². The number of carbonyl (C=O) groups excluding carboxylic acids is 2. The molecule has 7 nitrogen and oxygen atoms in total. The summed E-state index contributed by atoms with van der Waals surface area (Å²) in [6, 6.07) is 2.83. The Kier molecular flexibility index (Phi) is 4.77. The maximum atomic E-state index is 12.3. The molecule has 126 valence electrons. The van der Waals surface area contributed by atoms with E-state index in [1.54, 1.807) is 33.8 Å². The zero-order chi connectivity index (χ0) is 17.2. The molecule has 1 aliphatic carbocycles. The van der Waals surface area contributed by atoms with E-state index in [1.807, 2.05) is 6.07 Å². The highest BCUT2D eigenvalue weighted by molar-refractivity contribution is 5.85. The minimum atomic E-state index is -0.685. The standard InChI is InChI=1S/C16H24N4O3/c1-9(18-15(22)23-16(2,3)4)14(21)20-12-7-6-11-10(12)5-8-13(17)19-11/h5,8-9,12H,6-7H2,1-4H3,(H2,17,19)(H,18,22)(H,20,21)/t9-,12?/m0/s1. The van der Waals surface area contributed by atoms with Crippen LogP contribution in [0.5, 0.6) is 0 Å². The molecule has 1 unspecified atom stereocenters. The number of pyridine rings is 1. The number of amides is 2. The number of nitrogens with two attached hydrogens (primary N) is 1. The summed E-state index contributed by atoms with van der Waals surface area (Å²) in [5.74, 6) is 0.223. The normalized spacial score (nSPS) is 18.0. The molecule has 1 aromatic heterocycles. The van der Waals surface area contributed by atoms with Gasteiger partial charge in [0.1, 0.15) is 17.5 Å². The van der Waals surface area contributed by atoms with Crippen LogP contribution in [0.15, 0.2) is 12.1 Å². The van der Waals surface area contributed by atoms with E-state index in [4.69, 9.17) is 10.5 Å². The number of rotatable bonds is 3. The van der Waals surface area contributed by atoms with Gasteiger partial charge in [-0.2, -0.15) is 0 Å². The van der Waals surface area contributed by atoms with Crippen molar-refractivity contribution in [3.05, 3.63) is 23.4 Å². The summed E-state index contributed by atoms with van der Waals surface area (Å²) < 4.78 is 5.14. The third-order valence-corrected chi connectivity index (χ3v) is 3.52. The Morgan fingerprint density at radius 3 is 2.74 bits per heavy atom. The summed E-state index contributed by atoms with van der Waals surface area (Å²) in [6.45, 7) is 6.93. The highest BCUT2D eigenvalue weighted by Crippen LogP contribution is 2.30. The second-order valence-corrected chi connectivity index (χ2v) is 6.74. The summed E-state index contributed by atoms with van der Waals surface area (Å²) in [4.78, 5) is 28.2. The molecule has 7 heteroatoms. The number of hydrogen-bond donors (Lipinski definition) is 3. The van der Waals surface area contributed by atoms with Crippen molar-refractivity contribution in [3.8, 4) is 0 Å². The van der Waals surface area contributed by atoms with Crippen molar-refractivity contribution in [1.82, 2.24) is 15.6 Å². The fraction of sp³-hybridized carbons (Fsp3) is 0.562. The van der Waals surface area contributed by atoms with Gasteiger partial charge in [0.25, 0.3) is 0 Å². The molecule has 23 heavy (non-hydrogen) atoms. The minimum Gasteiger partial charge on any atom is -0.444 e. The summed E-state index contributed by atoms with van der Waals surface area (Å²) >= 11 is 0. The Morgan fingerprint density at radius 1 is 1.39 bits per heavy atom. The summed E-state index contributed by atoms with van der Waals surface area (Å²) in [6.07, 6.45) is 0.942. The first kappa shape index (κ1) is 17.1. The summed E-state index contributed by atoms with van der Waals surface area (Å²) in [5.41, 5.74) is 6.97. The van der Waals surface area contributed by atoms with E-state index < -0.39 is 17.7 Å². The van der Waals surface area contributed by atoms with Crippen LogP contribution >= 0.6 is 0 Å². The summed E-state index contributed by atoms with van der Waals surface area (Å²) in [7, 11) is 0. The molecule has 0 spiro atoms. The zero-order valence-corrected chi connectivity index (χ0v) is 14.0. The van der Waals surface area contributed by atoms with Gasteiger partial charge in [-0.1, -0.05) is 6.07 Å². The lowest BCUT2D eigenvalue weighted by Crippen LogP contribution is -2.47. The fourth-order valence-electron chi connectivity index (χ4n) is 2.48. The van der Waals surface area contributed by atoms with Crippen LogP contribution in [-0.4, -0.2) is 28.6 Å². The van der Waals surface area contributed by atoms with Crippen LogP contribution in [0.25, 0.3) is 0 Å². The number of ether oxygens (including phenoxy) is 1. The van der Waals surface area contributed by atoms with Crippen molar-refractivity contribution < 1.29 is 14.3 Å². The Hall–Kier alpha value is -2.31. The highest BCUT2D eigenvalue weighted by atomic mass is 16.6. The van der Waals surface area contributed by atoms with Crippen molar-refractivity contribution in [2.75, 3.05) is 5.73 Å². The molecular weight excluding hydrogens is 296 g/mol. The van der Waals surface area contributed by atoms with Gasteiger partial charge in [0.15, 0.2) is 0 Å². The molecule has 1 aliphatic rings. The number of anilines is 1. The number of nitrogens with zero attached hydrogens (tertiary/aromatic N) is 1. The summed E-state index contributed by atoms with van der Waals surface area (Å²) in [5, 5.41) is 5.47. The van der Waals surface area contributed by atoms with Gasteiger partial charge in [-0.05, 0) is 52.2 Å². The van der Waals surface area contributed by atoms with Crippen LogP contribution in [0.3, 0.4) is 0 Å². The van der Waals surface area contributed by atoms with Crippen LogP contribution in [0.4, 0.5) is 10.6 Å². The average molecular weight is 320 g/mol. The van der Waals surface area contributed by atoms with E-state index in [9.17, 15) is 9.59 Å². The highest BCUT2D eigenvalue weighted by Gasteiger charge is 2.28. The molecule has 0 radical (unpaired) electrons. The van der Waals surface area contributed by atoms with Gasteiger partial charge in [-0.3, -0.25) is 4.79 Å². The van der Waals surface area contributed by atoms with E-state index in [1.165, 1.54) is 0 Å². The van der Waals surface area contributed by atoms with Crippen LogP contribution in [-0.2, 0) is 16.0 Å². The van der Waals surface area contributed by atoms with E-state index >= 15 is 0 Å². The average Bonchev–Trinajstić information content (AvgIpc) is 2.78. The number of nitrogen functional groups attached to an aromatic ring is 1. The predicted molar refractivity (Wildman–Crippen MR) is 86.7 cm³/mol. The number of nitrogens with one attached hydrogen (secondary N) is 2. The molecule has 2 atom stereocenters. The second-order valence-electron chi connectivity index (χ2n) is 6.74. The Balaban J connectivity index is 1.92. The van der Waals surface area contributed by atoms with E-state index in [0.717, 1.165) is 24.1 Å². The van der Waals surface area contributed by atoms with Gasteiger partial charge < -0.3 is 21.1 Å². The third kappa shape index (κ3) is 4.58. The van der Waals surface area contributed by atoms with Gasteiger partial charge in [-0.15, -0.1) is 0 Å². The monoisotopic (exact) mass is 320 g/mol. The lowest BCUT2D eigenvalue weighted by Gasteiger charge is -2.22. The Morgan fingerprint density at radius 2 is 2.09 bits per heavy atom. The van der Waals surface area contributed by atoms with Gasteiger partial charge in [0, 0.05) is 5.69 Å². The van der Waals surface area contributed by atoms with Gasteiger partial charge in [-0.25, -0.2) is 9.78 Å². The van der Waals surface area contributed by atoms with Gasteiger partial charge in [0.05, 0.1) is 6.04 Å². The molecule has 4 N–H and O–H groups in total. The van der Waals surface area contributed by atoms with E-state index in [-0.39, 0.29) is 11.9 Å². The largest absolute Gasteiger partial charge is 0.444 e. The van der Waals surface area contributed by atoms with Gasteiger partial charge >= 0.3 is 6.09 Å². The SMILES string of the molecule is C[C@H](NC(=O)OC(C)(C)C)C(=O)NC1CCc2nc(N)ccc21. The molecule has 0 fully saturated rings. The molecule has 2 amide bonds. The number of carbonyl (C=O) groups is 2. The van der Waals surface area contributed by atoms with Crippen molar-refractivity contribution in [2.45, 2.75) is 58.2 Å². The Bertz CT molecular complexity index is 610. The molecule has 0 saturated heterocycles. The minimum absolute atomic E-state index is 0.103. The van der Waals surface area contributed by atoms with Crippen LogP contribution in [0, 0.1) is 0 Å². The molecule has 0 saturated carbocycles. The van der Waals surface area contributed by atoms with Crippen LogP contribution in [0.1, 0.15) is 51.4 Å². The lowest BCUT2D eigenvalue weighted by molar-refractivity contribution is -0.123. The Labute approximate surface area is 136 Å². The van der Waals surface area contributed by atoms with E-state index in [2.05, 4.69) is 15.6 Å². The van der Waals surface area contributed by atoms with E-state index in [0.29, 0.717) is 5.82 Å². The number of fused-ring (bicyclic) bond motifs is 1. The maximum absolute atomic E-state index is 12.3. The fourth-order valence-corrected chi connectivity index (χ4v) is 2.48. The topological polar surface area (TPSA) is 106 Å². The van der Waals surface area contributed by atoms with Gasteiger partial charge in [0.2, 0.25) is 5.91 Å². The molecule has 1 aromatic rings. The molecule has 1 heterocycles. The molecule has 0 aromatic carbocycles. The predicted octanol–water partition coefficient (Wildman–Crippen LogP) is 1.68. The zero-order valence-electron chi connectivity index (χ0n) is 14.0. The number of aromatic nitrogens is 1. The number of aryl methyl sites for hydroxylation is 1. The van der Waals surface area contributed by atoms with Crippen LogP contribution in [0.2, 0.25) is 0 Å². The van der Waals surface area contributed by atoms with Crippen molar-refractivity contribution >= 4 is 17.8 Å². The second kappa shape index (κ2) is 6.44. The quantitative estimate of drug-likeness (QED) is 0.785. The van der Waals surface area contributed by atoms with Crippen molar-refractivity contribution in [3.63, 3.8) is 0 Å². The first-order valence-electron chi connectivity index (χ1n) is 7.71. The lowest BCUT2D eigenvalue weighted by atomic mass is 10.1. The number of alkyl carbamates (subject to hydrolysis) is 1. The maximum Gasteiger partial charge on any atom is 0.408 e. The molecule has 0 bridgehead atoms. The smallest absolute Gasteiger partial charge is 0.408 e. The third-order valence-electron chi connectivity index (χ3n) is 3.52. The van der Waals surface area contributed by atoms with Crippen molar-refractivity contribution in [2.24, 2.45) is 0 Å². The number of hydrogen-bond acceptors (Lipinski definition) is 5. The molecule has 0 aliphatic heterocycles. The first-order valence-corrected chi connectivity index (χ1v) is 7.71. The van der Waals surface area contributed by atoms with Crippen molar-refractivity contribution in [1.29, 1.82) is 0 Å². The molecule has 2 rings (SSSR count). The first-order chi connectivity index (χ1) is 10.7.